The number of allylic oxidation sites excluding steroid dienone is 1. The van der Waals surface area contributed by atoms with Gasteiger partial charge >= 0.3 is 5.97 Å². The summed E-state index contributed by atoms with van der Waals surface area (Å²) in [6, 6.07) is -0.935. The summed E-state index contributed by atoms with van der Waals surface area (Å²) in [5.74, 6) is -3.09. The topological polar surface area (TPSA) is 125 Å². The molecule has 0 aliphatic carbocycles. The number of aliphatic hydroxyl groups excluding tert-OH is 1. The van der Waals surface area contributed by atoms with Crippen LogP contribution >= 0.6 is 15.9 Å². The van der Waals surface area contributed by atoms with Gasteiger partial charge in [0.05, 0.1) is 12.5 Å². The average molecular weight is 597 g/mol. The Labute approximate surface area is 231 Å². The third kappa shape index (κ3) is 5.42. The minimum Gasteiger partial charge on any atom is -0.460 e. The Kier molecular flexibility index (Phi) is 9.31. The first-order valence-corrected chi connectivity index (χ1v) is 14.4. The molecule has 4 rings (SSSR count). The number of carbonyl (C=O) groups excluding carboxylic acids is 4. The molecule has 0 aromatic heterocycles. The molecule has 10 nitrogen and oxygen atoms in total. The number of aliphatic hydroxyl groups is 1. The van der Waals surface area contributed by atoms with E-state index < -0.39 is 41.7 Å². The van der Waals surface area contributed by atoms with Crippen molar-refractivity contribution < 1.29 is 33.8 Å². The minimum absolute atomic E-state index is 0.0178. The lowest BCUT2D eigenvalue weighted by Gasteiger charge is -2.36. The fourth-order valence-corrected chi connectivity index (χ4v) is 6.65. The largest absolute Gasteiger partial charge is 0.460 e. The lowest BCUT2D eigenvalue weighted by atomic mass is 9.74. The van der Waals surface area contributed by atoms with Gasteiger partial charge in [0.1, 0.15) is 29.8 Å². The van der Waals surface area contributed by atoms with Gasteiger partial charge in [-0.2, -0.15) is 0 Å². The van der Waals surface area contributed by atoms with E-state index in [4.69, 9.17) is 9.47 Å². The molecule has 0 saturated carbocycles. The molecule has 4 aliphatic heterocycles. The highest BCUT2D eigenvalue weighted by Crippen LogP contribution is 2.58. The summed E-state index contributed by atoms with van der Waals surface area (Å²) in [7, 11) is 0. The molecule has 6 atom stereocenters. The molecular weight excluding hydrogens is 558 g/mol. The summed E-state index contributed by atoms with van der Waals surface area (Å²) in [5.41, 5.74) is -1.29. The SMILES string of the molecule is CCCCN1C/C=C\CCC(=O)NC[C@@H](C)OC(=O)[C@@H]2[C@H]3O[C@@]4(C=C3Br)[C@H](C1=O)N(CCCCO)C(=O)[C@@H]24. The van der Waals surface area contributed by atoms with Gasteiger partial charge in [-0.1, -0.05) is 41.4 Å². The van der Waals surface area contributed by atoms with Gasteiger partial charge in [0.15, 0.2) is 0 Å². The Balaban J connectivity index is 1.75. The maximum atomic E-state index is 14.3. The second-order valence-electron chi connectivity index (χ2n) is 10.5. The van der Waals surface area contributed by atoms with Gasteiger partial charge in [0, 0.05) is 37.1 Å². The van der Waals surface area contributed by atoms with Gasteiger partial charge in [-0.15, -0.1) is 0 Å². The van der Waals surface area contributed by atoms with Gasteiger partial charge in [-0.3, -0.25) is 19.2 Å². The van der Waals surface area contributed by atoms with E-state index in [0.29, 0.717) is 36.8 Å². The molecule has 3 amide bonds. The number of esters is 1. The Morgan fingerprint density at radius 1 is 1.13 bits per heavy atom. The minimum atomic E-state index is -1.29. The zero-order valence-electron chi connectivity index (χ0n) is 22.1. The van der Waals surface area contributed by atoms with Crippen molar-refractivity contribution >= 4 is 39.6 Å². The first-order valence-electron chi connectivity index (χ1n) is 13.6. The summed E-state index contributed by atoms with van der Waals surface area (Å²) in [6.45, 7) is 5.00. The second-order valence-corrected chi connectivity index (χ2v) is 11.4. The van der Waals surface area contributed by atoms with Crippen molar-refractivity contribution in [1.29, 1.82) is 0 Å². The maximum absolute atomic E-state index is 14.3. The predicted molar refractivity (Wildman–Crippen MR) is 142 cm³/mol. The van der Waals surface area contributed by atoms with Crippen molar-refractivity contribution in [2.75, 3.05) is 32.8 Å². The number of hydrogen-bond donors (Lipinski definition) is 2. The predicted octanol–water partition coefficient (Wildman–Crippen LogP) is 1.66. The van der Waals surface area contributed by atoms with E-state index in [9.17, 15) is 24.3 Å². The van der Waals surface area contributed by atoms with E-state index in [1.807, 2.05) is 19.1 Å². The van der Waals surface area contributed by atoms with Crippen molar-refractivity contribution in [3.63, 3.8) is 0 Å². The van der Waals surface area contributed by atoms with Crippen LogP contribution in [0.2, 0.25) is 0 Å². The molecule has 210 valence electrons. The van der Waals surface area contributed by atoms with E-state index in [1.54, 1.807) is 22.8 Å². The lowest BCUT2D eigenvalue weighted by Crippen LogP contribution is -2.56. The standard InChI is InChI=1S/C27H38BrN3O7/c1-3-4-11-30-12-7-5-6-10-19(33)29-16-17(2)37-26(36)20-21-24(34)31(13-8-9-14-32)23(25(30)35)27(21)15-18(28)22(20)38-27/h5,7,15,17,20-23,32H,3-4,6,8-14,16H2,1-2H3,(H,29,33)/b7-5-/t17-,20+,21-,22+,23+,27-/m1/s1. The quantitative estimate of drug-likeness (QED) is 0.260. The normalized spacial score (nSPS) is 34.7. The van der Waals surface area contributed by atoms with Crippen LogP contribution < -0.4 is 5.32 Å². The highest BCUT2D eigenvalue weighted by atomic mass is 79.9. The molecular formula is C27H38BrN3O7. The van der Waals surface area contributed by atoms with Crippen molar-refractivity contribution in [2.24, 2.45) is 11.8 Å². The van der Waals surface area contributed by atoms with E-state index >= 15 is 0 Å². The van der Waals surface area contributed by atoms with Crippen molar-refractivity contribution in [2.45, 2.75) is 76.2 Å². The van der Waals surface area contributed by atoms with E-state index in [0.717, 1.165) is 12.8 Å². The summed E-state index contributed by atoms with van der Waals surface area (Å²) < 4.78 is 12.7. The number of cyclic esters (lactones) is 1. The highest BCUT2D eigenvalue weighted by Gasteiger charge is 2.74. The number of rotatable bonds is 7. The summed E-state index contributed by atoms with van der Waals surface area (Å²) in [4.78, 5) is 57.2. The summed E-state index contributed by atoms with van der Waals surface area (Å²) >= 11 is 3.53. The molecule has 11 heteroatoms. The van der Waals surface area contributed by atoms with Gasteiger partial charge < -0.3 is 29.7 Å². The molecule has 2 N–H and O–H groups in total. The number of hydrogen-bond acceptors (Lipinski definition) is 7. The van der Waals surface area contributed by atoms with Crippen LogP contribution in [0.15, 0.2) is 22.7 Å². The van der Waals surface area contributed by atoms with Gasteiger partial charge in [0.2, 0.25) is 17.7 Å². The van der Waals surface area contributed by atoms with E-state index in [2.05, 4.69) is 21.2 Å². The molecule has 0 aromatic rings. The van der Waals surface area contributed by atoms with Crippen LogP contribution in [0.3, 0.4) is 0 Å². The highest BCUT2D eigenvalue weighted by molar-refractivity contribution is 9.11. The van der Waals surface area contributed by atoms with Crippen molar-refractivity contribution in [1.82, 2.24) is 15.1 Å². The Bertz CT molecular complexity index is 1000. The van der Waals surface area contributed by atoms with Crippen LogP contribution in [0.1, 0.15) is 52.4 Å². The number of nitrogens with one attached hydrogen (secondary N) is 1. The van der Waals surface area contributed by atoms with Crippen LogP contribution in [0, 0.1) is 11.8 Å². The van der Waals surface area contributed by atoms with E-state index in [1.165, 1.54) is 0 Å². The van der Waals surface area contributed by atoms with Crippen LogP contribution in [-0.4, -0.2) is 95.2 Å². The number of nitrogens with zero attached hydrogens (tertiary/aromatic N) is 2. The third-order valence-electron chi connectivity index (χ3n) is 7.77. The second kappa shape index (κ2) is 12.3. The average Bonchev–Trinajstić information content (AvgIpc) is 3.47. The van der Waals surface area contributed by atoms with Crippen molar-refractivity contribution in [3.05, 3.63) is 22.7 Å². The van der Waals surface area contributed by atoms with Crippen LogP contribution in [0.5, 0.6) is 0 Å². The van der Waals surface area contributed by atoms with E-state index in [-0.39, 0.29) is 43.8 Å². The molecule has 1 spiro atoms. The number of unbranched alkanes of at least 4 members (excludes halogenated alkanes) is 2. The Morgan fingerprint density at radius 2 is 1.92 bits per heavy atom. The number of likely N-dealkylation sites (tertiary alicyclic amines) is 1. The Morgan fingerprint density at radius 3 is 2.66 bits per heavy atom. The molecule has 2 fully saturated rings. The fourth-order valence-electron chi connectivity index (χ4n) is 5.91. The van der Waals surface area contributed by atoms with Crippen LogP contribution in [0.25, 0.3) is 0 Å². The number of ether oxygens (including phenoxy) is 2. The van der Waals surface area contributed by atoms with Crippen LogP contribution in [0.4, 0.5) is 0 Å². The molecule has 5 bridgehead atoms. The zero-order valence-corrected chi connectivity index (χ0v) is 23.7. The number of carbonyl (C=O) groups is 4. The number of amides is 3. The van der Waals surface area contributed by atoms with Gasteiger partial charge in [0.25, 0.3) is 0 Å². The summed E-state index contributed by atoms with van der Waals surface area (Å²) in [5, 5.41) is 12.1. The lowest BCUT2D eigenvalue weighted by molar-refractivity contribution is -0.158. The molecule has 4 heterocycles. The van der Waals surface area contributed by atoms with Gasteiger partial charge in [-0.25, -0.2) is 0 Å². The molecule has 4 aliphatic rings. The fraction of sp³-hybridized carbons (Fsp3) is 0.704. The molecule has 0 unspecified atom stereocenters. The smallest absolute Gasteiger partial charge is 0.313 e. The number of fused-ring (bicyclic) bond motifs is 2. The maximum Gasteiger partial charge on any atom is 0.313 e. The third-order valence-corrected chi connectivity index (χ3v) is 8.45. The summed E-state index contributed by atoms with van der Waals surface area (Å²) in [6.07, 6.45) is 7.73. The molecule has 0 aromatic carbocycles. The molecule has 38 heavy (non-hydrogen) atoms. The molecule has 0 radical (unpaired) electrons. The monoisotopic (exact) mass is 595 g/mol. The first-order chi connectivity index (χ1) is 18.2. The van der Waals surface area contributed by atoms with Crippen molar-refractivity contribution in [3.8, 4) is 0 Å². The van der Waals surface area contributed by atoms with Gasteiger partial charge in [-0.05, 0) is 38.7 Å². The van der Waals surface area contributed by atoms with Crippen LogP contribution in [-0.2, 0) is 28.7 Å². The Hall–Kier alpha value is -2.24. The number of halogens is 1. The molecule has 2 saturated heterocycles. The zero-order chi connectivity index (χ0) is 27.4. The first kappa shape index (κ1) is 28.8.